The average Bonchev–Trinajstić information content (AvgIpc) is 3.29. The van der Waals surface area contributed by atoms with Crippen LogP contribution in [0.2, 0.25) is 0 Å². The first-order valence-electron chi connectivity index (χ1n) is 9.69. The molecule has 1 fully saturated rings. The molecule has 160 valence electrons. The Labute approximate surface area is 171 Å². The second-order valence-electron chi connectivity index (χ2n) is 7.71. The Bertz CT molecular complexity index is 847. The minimum atomic E-state index is -3.37. The van der Waals surface area contributed by atoms with Crippen LogP contribution >= 0.6 is 0 Å². The predicted molar refractivity (Wildman–Crippen MR) is 109 cm³/mol. The number of oxime groups is 1. The SMILES string of the molecule is CC(=O)N[C@H]1CCN(c2ccc(C3=NOC(CN[S+](=O)([O-])C(C)C)C3)cc2F)C1. The summed E-state index contributed by atoms with van der Waals surface area (Å²) in [6, 6.07) is 4.93. The van der Waals surface area contributed by atoms with Crippen molar-refractivity contribution in [3.05, 3.63) is 29.6 Å². The summed E-state index contributed by atoms with van der Waals surface area (Å²) in [5, 5.41) is 6.34. The molecule has 1 aromatic carbocycles. The maximum absolute atomic E-state index is 14.7. The molecule has 2 aliphatic rings. The molecule has 2 N–H and O–H groups in total. The largest absolute Gasteiger partial charge is 0.598 e. The molecule has 1 amide bonds. The number of sulfonamides is 1. The van der Waals surface area contributed by atoms with Crippen molar-refractivity contribution in [1.82, 2.24) is 10.0 Å². The van der Waals surface area contributed by atoms with Crippen molar-refractivity contribution in [3.63, 3.8) is 0 Å². The van der Waals surface area contributed by atoms with Gasteiger partial charge in [0.2, 0.25) is 5.91 Å². The van der Waals surface area contributed by atoms with Gasteiger partial charge in [-0.1, -0.05) is 15.4 Å². The molecule has 1 aromatic rings. The smallest absolute Gasteiger partial charge is 0.217 e. The maximum atomic E-state index is 14.7. The van der Waals surface area contributed by atoms with Crippen molar-refractivity contribution in [3.8, 4) is 0 Å². The maximum Gasteiger partial charge on any atom is 0.217 e. The summed E-state index contributed by atoms with van der Waals surface area (Å²) in [6.45, 7) is 6.03. The van der Waals surface area contributed by atoms with E-state index in [0.717, 1.165) is 6.42 Å². The Kier molecular flexibility index (Phi) is 6.55. The van der Waals surface area contributed by atoms with Gasteiger partial charge in [-0.15, -0.1) is 4.72 Å². The summed E-state index contributed by atoms with van der Waals surface area (Å²) in [6.07, 6.45) is 0.751. The summed E-state index contributed by atoms with van der Waals surface area (Å²) in [7, 11) is -3.37. The third-order valence-electron chi connectivity index (χ3n) is 5.08. The van der Waals surface area contributed by atoms with Crippen LogP contribution in [0.1, 0.15) is 39.2 Å². The molecule has 2 unspecified atom stereocenters. The van der Waals surface area contributed by atoms with Crippen molar-refractivity contribution in [2.45, 2.75) is 51.0 Å². The Balaban J connectivity index is 1.58. The Morgan fingerprint density at radius 2 is 2.24 bits per heavy atom. The Morgan fingerprint density at radius 3 is 2.90 bits per heavy atom. The van der Waals surface area contributed by atoms with Gasteiger partial charge in [-0.25, -0.2) is 4.39 Å². The summed E-state index contributed by atoms with van der Waals surface area (Å²) in [5.41, 5.74) is 1.68. The Hall–Kier alpha value is -2.04. The van der Waals surface area contributed by atoms with Gasteiger partial charge in [0.15, 0.2) is 0 Å². The molecule has 0 aliphatic carbocycles. The van der Waals surface area contributed by atoms with E-state index < -0.39 is 21.8 Å². The highest BCUT2D eigenvalue weighted by molar-refractivity contribution is 7.96. The van der Waals surface area contributed by atoms with Crippen LogP contribution in [0.15, 0.2) is 23.4 Å². The minimum Gasteiger partial charge on any atom is -0.598 e. The van der Waals surface area contributed by atoms with Crippen LogP contribution in [0, 0.1) is 5.82 Å². The van der Waals surface area contributed by atoms with Gasteiger partial charge in [0.05, 0.1) is 17.9 Å². The first-order chi connectivity index (χ1) is 13.7. The van der Waals surface area contributed by atoms with Gasteiger partial charge in [0, 0.05) is 38.0 Å². The van der Waals surface area contributed by atoms with E-state index in [9.17, 15) is 17.9 Å². The van der Waals surface area contributed by atoms with E-state index in [1.54, 1.807) is 26.0 Å². The molecule has 0 saturated carbocycles. The topological polar surface area (TPSA) is 106 Å². The number of nitrogens with one attached hydrogen (secondary N) is 2. The monoisotopic (exact) mass is 426 g/mol. The molecule has 10 heteroatoms. The van der Waals surface area contributed by atoms with Gasteiger partial charge >= 0.3 is 0 Å². The number of hydrogen-bond donors (Lipinski definition) is 2. The second kappa shape index (κ2) is 8.76. The van der Waals surface area contributed by atoms with E-state index in [4.69, 9.17) is 4.84 Å². The molecule has 8 nitrogen and oxygen atoms in total. The minimum absolute atomic E-state index is 0.0227. The van der Waals surface area contributed by atoms with Crippen LogP contribution in [-0.2, 0) is 24.2 Å². The second-order valence-corrected chi connectivity index (χ2v) is 10.0. The zero-order valence-electron chi connectivity index (χ0n) is 16.8. The summed E-state index contributed by atoms with van der Waals surface area (Å²) in [4.78, 5) is 18.4. The first-order valence-corrected chi connectivity index (χ1v) is 11.2. The number of hydrogen-bond acceptors (Lipinski definition) is 6. The van der Waals surface area contributed by atoms with Crippen LogP contribution in [-0.4, -0.2) is 53.2 Å². The lowest BCUT2D eigenvalue weighted by Gasteiger charge is -2.20. The molecule has 29 heavy (non-hydrogen) atoms. The zero-order valence-corrected chi connectivity index (χ0v) is 17.6. The number of amides is 1. The molecule has 2 heterocycles. The normalized spacial score (nSPS) is 23.7. The van der Waals surface area contributed by atoms with Crippen molar-refractivity contribution in [2.24, 2.45) is 5.16 Å². The molecule has 0 radical (unpaired) electrons. The van der Waals surface area contributed by atoms with Crippen molar-refractivity contribution in [2.75, 3.05) is 24.5 Å². The van der Waals surface area contributed by atoms with E-state index >= 15 is 0 Å². The standard InChI is InChI=1S/C19H27FN4O4S/c1-12(2)29(26,27)21-10-16-9-18(23-28-16)14-4-5-19(17(20)8-14)24-7-6-15(11-24)22-13(3)25/h4-5,8,12,15-16H,6-7,9-11H2,1-3H3,(H2-,21,22,25,26,27)/t15-,16?/m0/s1. The highest BCUT2D eigenvalue weighted by atomic mass is 32.3. The molecule has 3 atom stereocenters. The van der Waals surface area contributed by atoms with E-state index in [0.29, 0.717) is 36.5 Å². The summed E-state index contributed by atoms with van der Waals surface area (Å²) >= 11 is 0. The zero-order chi connectivity index (χ0) is 21.2. The average molecular weight is 427 g/mol. The number of halogens is 1. The quantitative estimate of drug-likeness (QED) is 0.644. The molecule has 0 bridgehead atoms. The van der Waals surface area contributed by atoms with E-state index in [1.807, 2.05) is 4.90 Å². The van der Waals surface area contributed by atoms with Gasteiger partial charge in [0.25, 0.3) is 0 Å². The summed E-state index contributed by atoms with van der Waals surface area (Å²) < 4.78 is 40.9. The van der Waals surface area contributed by atoms with Crippen molar-refractivity contribution >= 4 is 27.7 Å². The van der Waals surface area contributed by atoms with Crippen molar-refractivity contribution < 1.29 is 22.8 Å². The molecular weight excluding hydrogens is 399 g/mol. The third kappa shape index (κ3) is 5.31. The molecule has 1 saturated heterocycles. The fourth-order valence-electron chi connectivity index (χ4n) is 3.41. The van der Waals surface area contributed by atoms with E-state index in [1.165, 1.54) is 13.0 Å². The first kappa shape index (κ1) is 21.7. The van der Waals surface area contributed by atoms with Crippen LogP contribution < -0.4 is 14.9 Å². The highest BCUT2D eigenvalue weighted by Crippen LogP contribution is 2.26. The lowest BCUT2D eigenvalue weighted by Crippen LogP contribution is -2.41. The summed E-state index contributed by atoms with van der Waals surface area (Å²) in [5.74, 6) is -0.449. The third-order valence-corrected chi connectivity index (χ3v) is 6.89. The number of carbonyl (C=O) groups excluding carboxylic acids is 1. The van der Waals surface area contributed by atoms with Gasteiger partial charge in [-0.05, 0) is 32.4 Å². The number of benzene rings is 1. The van der Waals surface area contributed by atoms with Gasteiger partial charge in [-0.2, -0.15) is 0 Å². The van der Waals surface area contributed by atoms with E-state index in [-0.39, 0.29) is 24.3 Å². The lowest BCUT2D eigenvalue weighted by atomic mass is 10.0. The molecule has 0 spiro atoms. The van der Waals surface area contributed by atoms with Crippen molar-refractivity contribution in [1.29, 1.82) is 0 Å². The Morgan fingerprint density at radius 1 is 1.48 bits per heavy atom. The number of nitrogens with zero attached hydrogens (tertiary/aromatic N) is 2. The molecule has 0 aromatic heterocycles. The van der Waals surface area contributed by atoms with E-state index in [2.05, 4.69) is 15.2 Å². The molecule has 3 rings (SSSR count). The fourth-order valence-corrected chi connectivity index (χ4v) is 4.16. The van der Waals surface area contributed by atoms with Gasteiger partial charge in [-0.3, -0.25) is 4.79 Å². The van der Waals surface area contributed by atoms with Crippen LogP contribution in [0.5, 0.6) is 0 Å². The molecule has 2 aliphatic heterocycles. The predicted octanol–water partition coefficient (Wildman–Crippen LogP) is 1.58. The highest BCUT2D eigenvalue weighted by Gasteiger charge is 2.29. The number of anilines is 1. The number of rotatable bonds is 7. The fraction of sp³-hybridized carbons (Fsp3) is 0.579. The van der Waals surface area contributed by atoms with Crippen LogP contribution in [0.4, 0.5) is 10.1 Å². The lowest BCUT2D eigenvalue weighted by molar-refractivity contribution is -0.119. The van der Waals surface area contributed by atoms with Gasteiger partial charge < -0.3 is 19.6 Å². The van der Waals surface area contributed by atoms with Gasteiger partial charge in [0.1, 0.15) is 27.6 Å². The van der Waals surface area contributed by atoms with Crippen LogP contribution in [0.25, 0.3) is 0 Å². The molecular formula is C19H27FN4O4S. The number of carbonyl (C=O) groups is 1. The van der Waals surface area contributed by atoms with Crippen LogP contribution in [0.3, 0.4) is 0 Å².